The Morgan fingerprint density at radius 2 is 2.04 bits per heavy atom. The Kier molecular flexibility index (Phi) is 5.13. The van der Waals surface area contributed by atoms with Gasteiger partial charge in [0, 0.05) is 22.0 Å². The first-order valence-electron chi connectivity index (χ1n) is 7.85. The molecule has 120 valence electrons. The molecule has 0 aromatic heterocycles. The van der Waals surface area contributed by atoms with Gasteiger partial charge in [-0.2, -0.15) is 0 Å². The first kappa shape index (κ1) is 16.2. The molecule has 0 aliphatic carbocycles. The quantitative estimate of drug-likeness (QED) is 0.727. The van der Waals surface area contributed by atoms with Crippen molar-refractivity contribution in [2.75, 3.05) is 13.2 Å². The van der Waals surface area contributed by atoms with E-state index in [2.05, 4.69) is 22.9 Å². The van der Waals surface area contributed by atoms with Crippen LogP contribution < -0.4 is 4.74 Å². The average Bonchev–Trinajstić information content (AvgIpc) is 3.07. The minimum atomic E-state index is 0.00952. The van der Waals surface area contributed by atoms with Crippen molar-refractivity contribution in [2.45, 2.75) is 25.9 Å². The molecule has 0 radical (unpaired) electrons. The molecule has 0 spiro atoms. The highest BCUT2D eigenvalue weighted by atomic mass is 79.9. The van der Waals surface area contributed by atoms with Crippen molar-refractivity contribution in [1.82, 2.24) is 0 Å². The molecule has 0 bridgehead atoms. The van der Waals surface area contributed by atoms with Gasteiger partial charge in [-0.15, -0.1) is 0 Å². The number of ketones is 1. The predicted octanol–water partition coefficient (Wildman–Crippen LogP) is 4.41. The minimum Gasteiger partial charge on any atom is -0.488 e. The Hall–Kier alpha value is -1.65. The van der Waals surface area contributed by atoms with E-state index in [0.29, 0.717) is 17.7 Å². The van der Waals surface area contributed by atoms with E-state index in [1.807, 2.05) is 42.5 Å². The maximum Gasteiger partial charge on any atom is 0.194 e. The van der Waals surface area contributed by atoms with Gasteiger partial charge in [0.15, 0.2) is 5.78 Å². The van der Waals surface area contributed by atoms with Crippen LogP contribution in [-0.4, -0.2) is 25.1 Å². The van der Waals surface area contributed by atoms with Gasteiger partial charge in [-0.05, 0) is 46.1 Å². The van der Waals surface area contributed by atoms with E-state index in [4.69, 9.17) is 9.47 Å². The molecule has 1 heterocycles. The van der Waals surface area contributed by atoms with Gasteiger partial charge in [-0.25, -0.2) is 0 Å². The smallest absolute Gasteiger partial charge is 0.194 e. The number of hydrogen-bond acceptors (Lipinski definition) is 3. The molecule has 3 nitrogen and oxygen atoms in total. The number of halogens is 1. The van der Waals surface area contributed by atoms with Crippen LogP contribution in [0.5, 0.6) is 5.75 Å². The van der Waals surface area contributed by atoms with Gasteiger partial charge in [0.05, 0.1) is 13.2 Å². The Labute approximate surface area is 144 Å². The van der Waals surface area contributed by atoms with Gasteiger partial charge in [-0.3, -0.25) is 4.79 Å². The van der Waals surface area contributed by atoms with Crippen LogP contribution >= 0.6 is 15.9 Å². The zero-order chi connectivity index (χ0) is 16.2. The van der Waals surface area contributed by atoms with Gasteiger partial charge in [0.25, 0.3) is 0 Å². The number of ether oxygens (including phenoxy) is 2. The second kappa shape index (κ2) is 7.28. The molecular formula is C19H19BrO3. The van der Waals surface area contributed by atoms with E-state index >= 15 is 0 Å². The van der Waals surface area contributed by atoms with Gasteiger partial charge >= 0.3 is 0 Å². The number of benzene rings is 2. The van der Waals surface area contributed by atoms with Crippen molar-refractivity contribution < 1.29 is 14.3 Å². The molecule has 1 atom stereocenters. The summed E-state index contributed by atoms with van der Waals surface area (Å²) in [5.41, 5.74) is 2.56. The van der Waals surface area contributed by atoms with Crippen LogP contribution in [0.4, 0.5) is 0 Å². The molecule has 1 aliphatic heterocycles. The second-order valence-corrected chi connectivity index (χ2v) is 6.48. The zero-order valence-electron chi connectivity index (χ0n) is 13.0. The minimum absolute atomic E-state index is 0.00952. The Bertz CT molecular complexity index is 688. The molecule has 0 saturated carbocycles. The molecule has 0 unspecified atom stereocenters. The summed E-state index contributed by atoms with van der Waals surface area (Å²) in [4.78, 5) is 12.6. The maximum atomic E-state index is 12.6. The monoisotopic (exact) mass is 374 g/mol. The molecule has 2 aromatic carbocycles. The molecule has 4 heteroatoms. The van der Waals surface area contributed by atoms with Crippen LogP contribution in [-0.2, 0) is 11.2 Å². The van der Waals surface area contributed by atoms with Crippen LogP contribution in [0.3, 0.4) is 0 Å². The third-order valence-electron chi connectivity index (χ3n) is 4.00. The summed E-state index contributed by atoms with van der Waals surface area (Å²) in [7, 11) is 0. The Morgan fingerprint density at radius 1 is 1.26 bits per heavy atom. The molecule has 1 saturated heterocycles. The van der Waals surface area contributed by atoms with Crippen molar-refractivity contribution in [3.8, 4) is 5.75 Å². The Balaban J connectivity index is 1.77. The van der Waals surface area contributed by atoms with Crippen molar-refractivity contribution in [2.24, 2.45) is 0 Å². The van der Waals surface area contributed by atoms with Crippen LogP contribution in [0.15, 0.2) is 46.9 Å². The number of carbonyl (C=O) groups excluding carboxylic acids is 1. The largest absolute Gasteiger partial charge is 0.488 e. The topological polar surface area (TPSA) is 35.5 Å². The number of carbonyl (C=O) groups is 1. The zero-order valence-corrected chi connectivity index (χ0v) is 14.6. The molecule has 0 amide bonds. The summed E-state index contributed by atoms with van der Waals surface area (Å²) in [5.74, 6) is 0.764. The normalized spacial score (nSPS) is 17.2. The van der Waals surface area contributed by atoms with E-state index < -0.39 is 0 Å². The fourth-order valence-electron chi connectivity index (χ4n) is 2.60. The molecule has 2 aromatic rings. The van der Waals surface area contributed by atoms with Gasteiger partial charge in [0.1, 0.15) is 11.9 Å². The first-order valence-corrected chi connectivity index (χ1v) is 8.64. The van der Waals surface area contributed by atoms with Gasteiger partial charge in [0.2, 0.25) is 0 Å². The van der Waals surface area contributed by atoms with E-state index in [1.165, 1.54) is 5.56 Å². The molecule has 0 N–H and O–H groups in total. The van der Waals surface area contributed by atoms with Crippen LogP contribution in [0.2, 0.25) is 0 Å². The summed E-state index contributed by atoms with van der Waals surface area (Å²) in [6, 6.07) is 13.3. The maximum absolute atomic E-state index is 12.6. The number of hydrogen-bond donors (Lipinski definition) is 0. The van der Waals surface area contributed by atoms with Crippen LogP contribution in [0.1, 0.15) is 34.8 Å². The average molecular weight is 375 g/mol. The van der Waals surface area contributed by atoms with Gasteiger partial charge < -0.3 is 9.47 Å². The van der Waals surface area contributed by atoms with Crippen LogP contribution in [0, 0.1) is 0 Å². The van der Waals surface area contributed by atoms with Crippen molar-refractivity contribution >= 4 is 21.7 Å². The van der Waals surface area contributed by atoms with Crippen molar-refractivity contribution in [3.63, 3.8) is 0 Å². The van der Waals surface area contributed by atoms with Crippen molar-refractivity contribution in [3.05, 3.63) is 63.6 Å². The molecular weight excluding hydrogens is 356 g/mol. The SMILES string of the molecule is CCc1ccc(C(=O)c2ccc(O[C@H]3CCOC3)cc2Br)cc1. The van der Waals surface area contributed by atoms with E-state index in [9.17, 15) is 4.79 Å². The lowest BCUT2D eigenvalue weighted by Gasteiger charge is -2.13. The molecule has 23 heavy (non-hydrogen) atoms. The standard InChI is InChI=1S/C19H19BrO3/c1-2-13-3-5-14(6-4-13)19(21)17-8-7-15(11-18(17)20)23-16-9-10-22-12-16/h3-8,11,16H,2,9-10,12H2,1H3/t16-/m0/s1. The predicted molar refractivity (Wildman–Crippen MR) is 93.2 cm³/mol. The van der Waals surface area contributed by atoms with Crippen LogP contribution in [0.25, 0.3) is 0 Å². The van der Waals surface area contributed by atoms with Gasteiger partial charge in [-0.1, -0.05) is 31.2 Å². The number of aryl methyl sites for hydroxylation is 1. The summed E-state index contributed by atoms with van der Waals surface area (Å²) < 4.78 is 11.9. The highest BCUT2D eigenvalue weighted by Gasteiger charge is 2.18. The molecule has 1 fully saturated rings. The summed E-state index contributed by atoms with van der Waals surface area (Å²) >= 11 is 3.49. The fourth-order valence-corrected chi connectivity index (χ4v) is 3.14. The molecule has 3 rings (SSSR count). The summed E-state index contributed by atoms with van der Waals surface area (Å²) in [6.07, 6.45) is 1.97. The lowest BCUT2D eigenvalue weighted by Crippen LogP contribution is -2.15. The first-order chi connectivity index (χ1) is 11.2. The summed E-state index contributed by atoms with van der Waals surface area (Å²) in [5, 5.41) is 0. The van der Waals surface area contributed by atoms with Crippen molar-refractivity contribution in [1.29, 1.82) is 0 Å². The number of rotatable bonds is 5. The third-order valence-corrected chi connectivity index (χ3v) is 4.66. The summed E-state index contributed by atoms with van der Waals surface area (Å²) in [6.45, 7) is 3.47. The lowest BCUT2D eigenvalue weighted by atomic mass is 10.0. The van der Waals surface area contributed by atoms with E-state index in [0.717, 1.165) is 29.7 Å². The lowest BCUT2D eigenvalue weighted by molar-refractivity contribution is 0.103. The highest BCUT2D eigenvalue weighted by molar-refractivity contribution is 9.10. The third kappa shape index (κ3) is 3.82. The Morgan fingerprint density at radius 3 is 2.65 bits per heavy atom. The van der Waals surface area contributed by atoms with E-state index in [-0.39, 0.29) is 11.9 Å². The second-order valence-electron chi connectivity index (χ2n) is 5.62. The highest BCUT2D eigenvalue weighted by Crippen LogP contribution is 2.27. The fraction of sp³-hybridized carbons (Fsp3) is 0.316. The molecule has 1 aliphatic rings. The van der Waals surface area contributed by atoms with E-state index in [1.54, 1.807) is 0 Å².